The van der Waals surface area contributed by atoms with Crippen molar-refractivity contribution < 1.29 is 0 Å². The second-order valence-electron chi connectivity index (χ2n) is 6.46. The highest BCUT2D eigenvalue weighted by atomic mass is 15.4. The molecule has 4 rings (SSSR count). The van der Waals surface area contributed by atoms with Crippen LogP contribution in [0.1, 0.15) is 24.3 Å². The van der Waals surface area contributed by atoms with Crippen LogP contribution in [-0.4, -0.2) is 35.6 Å². The van der Waals surface area contributed by atoms with Crippen molar-refractivity contribution in [1.29, 1.82) is 0 Å². The van der Waals surface area contributed by atoms with Crippen LogP contribution in [-0.2, 0) is 0 Å². The molecule has 0 saturated carbocycles. The number of hydrogen-bond donors (Lipinski definition) is 2. The summed E-state index contributed by atoms with van der Waals surface area (Å²) >= 11 is 0. The van der Waals surface area contributed by atoms with Crippen molar-refractivity contribution >= 4 is 5.82 Å². The molecule has 2 N–H and O–H groups in total. The maximum Gasteiger partial charge on any atom is 0.147 e. The minimum Gasteiger partial charge on any atom is -0.355 e. The molecule has 23 heavy (non-hydrogen) atoms. The van der Waals surface area contributed by atoms with E-state index in [9.17, 15) is 0 Å². The number of hydrazine groups is 1. The van der Waals surface area contributed by atoms with Crippen LogP contribution in [0.15, 0.2) is 48.9 Å². The number of rotatable bonds is 3. The zero-order valence-electron chi connectivity index (χ0n) is 13.2. The summed E-state index contributed by atoms with van der Waals surface area (Å²) in [6.07, 6.45) is 7.76. The SMILES string of the molecule is c1ccc(C2CNNC2C2CCN(c3cnccn3)CC2)cc1. The summed E-state index contributed by atoms with van der Waals surface area (Å²) in [5, 5.41) is 0. The third-order valence-electron chi connectivity index (χ3n) is 5.17. The first-order valence-electron chi connectivity index (χ1n) is 8.46. The van der Waals surface area contributed by atoms with Crippen molar-refractivity contribution in [3.8, 4) is 0 Å². The first-order valence-corrected chi connectivity index (χ1v) is 8.46. The van der Waals surface area contributed by atoms with Gasteiger partial charge in [-0.25, -0.2) is 4.98 Å². The molecule has 2 aromatic rings. The number of nitrogens with zero attached hydrogens (tertiary/aromatic N) is 3. The Morgan fingerprint density at radius 1 is 1.04 bits per heavy atom. The van der Waals surface area contributed by atoms with Gasteiger partial charge in [0.25, 0.3) is 0 Å². The average molecular weight is 309 g/mol. The molecule has 5 nitrogen and oxygen atoms in total. The van der Waals surface area contributed by atoms with Gasteiger partial charge in [0, 0.05) is 44.0 Å². The van der Waals surface area contributed by atoms with Crippen molar-refractivity contribution in [2.45, 2.75) is 24.8 Å². The molecule has 2 aliphatic rings. The van der Waals surface area contributed by atoms with Crippen LogP contribution in [0.5, 0.6) is 0 Å². The summed E-state index contributed by atoms with van der Waals surface area (Å²) in [5.41, 5.74) is 8.34. The Hall–Kier alpha value is -1.98. The lowest BCUT2D eigenvalue weighted by Gasteiger charge is -2.37. The van der Waals surface area contributed by atoms with Gasteiger partial charge in [0.1, 0.15) is 5.82 Å². The van der Waals surface area contributed by atoms with Crippen LogP contribution in [0.4, 0.5) is 5.82 Å². The van der Waals surface area contributed by atoms with Crippen LogP contribution in [0.25, 0.3) is 0 Å². The Morgan fingerprint density at radius 2 is 1.87 bits per heavy atom. The van der Waals surface area contributed by atoms with Crippen molar-refractivity contribution in [3.63, 3.8) is 0 Å². The van der Waals surface area contributed by atoms with E-state index in [0.717, 1.165) is 25.5 Å². The lowest BCUT2D eigenvalue weighted by molar-refractivity contribution is 0.295. The van der Waals surface area contributed by atoms with Crippen LogP contribution in [0.3, 0.4) is 0 Å². The van der Waals surface area contributed by atoms with E-state index in [-0.39, 0.29) is 0 Å². The molecule has 0 spiro atoms. The summed E-state index contributed by atoms with van der Waals surface area (Å²) in [6.45, 7) is 3.13. The number of nitrogens with one attached hydrogen (secondary N) is 2. The number of benzene rings is 1. The van der Waals surface area contributed by atoms with Gasteiger partial charge in [0.2, 0.25) is 0 Å². The predicted octanol–water partition coefficient (Wildman–Crippen LogP) is 1.95. The first kappa shape index (κ1) is 14.6. The van der Waals surface area contributed by atoms with Crippen molar-refractivity contribution in [2.24, 2.45) is 5.92 Å². The van der Waals surface area contributed by atoms with Crippen molar-refractivity contribution in [2.75, 3.05) is 24.5 Å². The lowest BCUT2D eigenvalue weighted by Crippen LogP contribution is -2.44. The Morgan fingerprint density at radius 3 is 2.61 bits per heavy atom. The standard InChI is InChI=1S/C18H23N5/c1-2-4-14(5-3-1)16-12-21-22-18(16)15-6-10-23(11-7-15)17-13-19-8-9-20-17/h1-5,8-9,13,15-16,18,21-22H,6-7,10-12H2. The zero-order chi connectivity index (χ0) is 15.5. The normalized spacial score (nSPS) is 25.7. The summed E-state index contributed by atoms with van der Waals surface area (Å²) < 4.78 is 0. The topological polar surface area (TPSA) is 53.1 Å². The quantitative estimate of drug-likeness (QED) is 0.908. The molecule has 2 unspecified atom stereocenters. The molecule has 3 heterocycles. The fourth-order valence-corrected chi connectivity index (χ4v) is 3.93. The highest BCUT2D eigenvalue weighted by Gasteiger charge is 2.36. The zero-order valence-corrected chi connectivity index (χ0v) is 13.2. The molecule has 2 saturated heterocycles. The van der Waals surface area contributed by atoms with E-state index in [1.807, 2.05) is 6.20 Å². The van der Waals surface area contributed by atoms with Crippen LogP contribution >= 0.6 is 0 Å². The molecule has 1 aromatic heterocycles. The highest BCUT2D eigenvalue weighted by molar-refractivity contribution is 5.35. The molecule has 0 amide bonds. The highest BCUT2D eigenvalue weighted by Crippen LogP contribution is 2.32. The molecule has 120 valence electrons. The van der Waals surface area contributed by atoms with Crippen LogP contribution in [0, 0.1) is 5.92 Å². The third-order valence-corrected chi connectivity index (χ3v) is 5.17. The van der Waals surface area contributed by atoms with Gasteiger partial charge in [0.15, 0.2) is 0 Å². The van der Waals surface area contributed by atoms with Crippen LogP contribution in [0.2, 0.25) is 0 Å². The molecular formula is C18H23N5. The summed E-state index contributed by atoms with van der Waals surface area (Å²) in [5.74, 6) is 2.26. The van der Waals surface area contributed by atoms with E-state index in [1.165, 1.54) is 18.4 Å². The van der Waals surface area contributed by atoms with E-state index >= 15 is 0 Å². The number of piperidine rings is 1. The Bertz CT molecular complexity index is 610. The molecule has 2 atom stereocenters. The Labute approximate surface area is 137 Å². The fourth-order valence-electron chi connectivity index (χ4n) is 3.93. The van der Waals surface area contributed by atoms with Crippen molar-refractivity contribution in [3.05, 3.63) is 54.5 Å². The number of anilines is 1. The van der Waals surface area contributed by atoms with Crippen molar-refractivity contribution in [1.82, 2.24) is 20.8 Å². The third kappa shape index (κ3) is 3.07. The van der Waals surface area contributed by atoms with E-state index in [0.29, 0.717) is 17.9 Å². The molecule has 0 aliphatic carbocycles. The van der Waals surface area contributed by atoms with Gasteiger partial charge in [-0.3, -0.25) is 15.8 Å². The molecule has 0 radical (unpaired) electrons. The maximum atomic E-state index is 4.42. The van der Waals surface area contributed by atoms with Gasteiger partial charge in [-0.05, 0) is 24.3 Å². The molecule has 1 aromatic carbocycles. The Kier molecular flexibility index (Phi) is 4.22. The summed E-state index contributed by atoms with van der Waals surface area (Å²) in [7, 11) is 0. The monoisotopic (exact) mass is 309 g/mol. The van der Waals surface area contributed by atoms with E-state index in [4.69, 9.17) is 0 Å². The second-order valence-corrected chi connectivity index (χ2v) is 6.46. The average Bonchev–Trinajstić information content (AvgIpc) is 3.13. The van der Waals surface area contributed by atoms with Gasteiger partial charge in [-0.15, -0.1) is 0 Å². The van der Waals surface area contributed by atoms with Gasteiger partial charge in [-0.2, -0.15) is 0 Å². The van der Waals surface area contributed by atoms with Gasteiger partial charge in [-0.1, -0.05) is 30.3 Å². The molecule has 5 heteroatoms. The van der Waals surface area contributed by atoms with E-state index < -0.39 is 0 Å². The molecule has 2 fully saturated rings. The molecular weight excluding hydrogens is 286 g/mol. The number of hydrogen-bond acceptors (Lipinski definition) is 5. The smallest absolute Gasteiger partial charge is 0.147 e. The largest absolute Gasteiger partial charge is 0.355 e. The predicted molar refractivity (Wildman–Crippen MR) is 91.1 cm³/mol. The maximum absolute atomic E-state index is 4.42. The first-order chi connectivity index (χ1) is 11.4. The summed E-state index contributed by atoms with van der Waals surface area (Å²) in [4.78, 5) is 11.0. The second kappa shape index (κ2) is 6.64. The summed E-state index contributed by atoms with van der Waals surface area (Å²) in [6, 6.07) is 11.4. The van der Waals surface area contributed by atoms with Gasteiger partial charge in [0.05, 0.1) is 6.20 Å². The van der Waals surface area contributed by atoms with Gasteiger partial charge >= 0.3 is 0 Å². The fraction of sp³-hybridized carbons (Fsp3) is 0.444. The number of aromatic nitrogens is 2. The van der Waals surface area contributed by atoms with Gasteiger partial charge < -0.3 is 4.90 Å². The minimum absolute atomic E-state index is 0.515. The Balaban J connectivity index is 1.42. The molecule has 0 bridgehead atoms. The van der Waals surface area contributed by atoms with E-state index in [2.05, 4.69) is 56.1 Å². The van der Waals surface area contributed by atoms with Crippen LogP contribution < -0.4 is 15.8 Å². The lowest BCUT2D eigenvalue weighted by atomic mass is 9.80. The van der Waals surface area contributed by atoms with E-state index in [1.54, 1.807) is 12.4 Å². The minimum atomic E-state index is 0.515. The molecule has 2 aliphatic heterocycles.